The van der Waals surface area contributed by atoms with Gasteiger partial charge in [0.15, 0.2) is 5.82 Å². The van der Waals surface area contributed by atoms with Gasteiger partial charge in [-0.1, -0.05) is 12.8 Å². The molecular formula is C15H21N5O. The standard InChI is InChI=1S/C15H21N5O/c1-11(17-15(21)13-8-5-9-19(13)2)14-18-16-10-20(14)12-6-3-4-7-12/h5,8-12H,3-4,6-7H2,1-2H3,(H,17,21)/t11-/m0/s1. The van der Waals surface area contributed by atoms with Crippen LogP contribution in [0.15, 0.2) is 24.7 Å². The average molecular weight is 287 g/mol. The maximum Gasteiger partial charge on any atom is 0.268 e. The first-order valence-corrected chi connectivity index (χ1v) is 7.48. The van der Waals surface area contributed by atoms with Crippen LogP contribution >= 0.6 is 0 Å². The Kier molecular flexibility index (Phi) is 3.77. The minimum Gasteiger partial charge on any atom is -0.347 e. The molecule has 1 N–H and O–H groups in total. The minimum absolute atomic E-state index is 0.0871. The van der Waals surface area contributed by atoms with E-state index in [1.54, 1.807) is 6.33 Å². The van der Waals surface area contributed by atoms with Crippen LogP contribution in [0.1, 0.15) is 61.0 Å². The Morgan fingerprint density at radius 1 is 1.43 bits per heavy atom. The van der Waals surface area contributed by atoms with Crippen LogP contribution in [-0.4, -0.2) is 25.2 Å². The van der Waals surface area contributed by atoms with Crippen LogP contribution in [0.5, 0.6) is 0 Å². The highest BCUT2D eigenvalue weighted by Crippen LogP contribution is 2.31. The average Bonchev–Trinajstić information content (AvgIpc) is 3.19. The van der Waals surface area contributed by atoms with Gasteiger partial charge in [-0.25, -0.2) is 0 Å². The molecule has 0 saturated heterocycles. The summed E-state index contributed by atoms with van der Waals surface area (Å²) in [4.78, 5) is 12.3. The van der Waals surface area contributed by atoms with E-state index in [0.29, 0.717) is 11.7 Å². The number of hydrogen-bond acceptors (Lipinski definition) is 3. The molecular weight excluding hydrogens is 266 g/mol. The molecule has 0 aliphatic heterocycles. The van der Waals surface area contributed by atoms with Gasteiger partial charge in [0.05, 0.1) is 6.04 Å². The van der Waals surface area contributed by atoms with E-state index >= 15 is 0 Å². The smallest absolute Gasteiger partial charge is 0.268 e. The summed E-state index contributed by atoms with van der Waals surface area (Å²) >= 11 is 0. The largest absolute Gasteiger partial charge is 0.347 e. The number of nitrogens with one attached hydrogen (secondary N) is 1. The van der Waals surface area contributed by atoms with Gasteiger partial charge in [-0.3, -0.25) is 4.79 Å². The molecule has 1 atom stereocenters. The normalized spacial score (nSPS) is 17.0. The number of nitrogens with zero attached hydrogens (tertiary/aromatic N) is 4. The van der Waals surface area contributed by atoms with Gasteiger partial charge in [-0.05, 0) is 31.9 Å². The monoisotopic (exact) mass is 287 g/mol. The summed E-state index contributed by atoms with van der Waals surface area (Å²) in [5, 5.41) is 11.2. The van der Waals surface area contributed by atoms with Crippen LogP contribution in [0.2, 0.25) is 0 Å². The van der Waals surface area contributed by atoms with Crippen molar-refractivity contribution in [3.8, 4) is 0 Å². The second kappa shape index (κ2) is 5.71. The molecule has 3 rings (SSSR count). The fourth-order valence-corrected chi connectivity index (χ4v) is 3.06. The molecule has 1 aliphatic rings. The fourth-order valence-electron chi connectivity index (χ4n) is 3.06. The quantitative estimate of drug-likeness (QED) is 0.937. The van der Waals surface area contributed by atoms with E-state index in [-0.39, 0.29) is 11.9 Å². The molecule has 6 nitrogen and oxygen atoms in total. The lowest BCUT2D eigenvalue weighted by Crippen LogP contribution is -2.30. The van der Waals surface area contributed by atoms with Crippen molar-refractivity contribution in [1.82, 2.24) is 24.6 Å². The minimum atomic E-state index is -0.157. The third-order valence-corrected chi connectivity index (χ3v) is 4.23. The molecule has 0 spiro atoms. The molecule has 1 aliphatic carbocycles. The van der Waals surface area contributed by atoms with Crippen LogP contribution in [-0.2, 0) is 7.05 Å². The Morgan fingerprint density at radius 2 is 2.19 bits per heavy atom. The number of aryl methyl sites for hydroxylation is 1. The third kappa shape index (κ3) is 2.70. The fraction of sp³-hybridized carbons (Fsp3) is 0.533. The van der Waals surface area contributed by atoms with Gasteiger partial charge >= 0.3 is 0 Å². The van der Waals surface area contributed by atoms with Gasteiger partial charge < -0.3 is 14.5 Å². The van der Waals surface area contributed by atoms with E-state index in [0.717, 1.165) is 5.82 Å². The predicted molar refractivity (Wildman–Crippen MR) is 78.8 cm³/mol. The zero-order chi connectivity index (χ0) is 14.8. The van der Waals surface area contributed by atoms with E-state index in [4.69, 9.17) is 0 Å². The number of carbonyl (C=O) groups is 1. The molecule has 1 amide bonds. The first kappa shape index (κ1) is 13.9. The second-order valence-corrected chi connectivity index (χ2v) is 5.73. The van der Waals surface area contributed by atoms with Crippen molar-refractivity contribution in [1.29, 1.82) is 0 Å². The van der Waals surface area contributed by atoms with Crippen LogP contribution in [0.3, 0.4) is 0 Å². The van der Waals surface area contributed by atoms with Gasteiger partial charge in [0.2, 0.25) is 0 Å². The summed E-state index contributed by atoms with van der Waals surface area (Å²) in [6.07, 6.45) is 8.50. The highest BCUT2D eigenvalue weighted by Gasteiger charge is 2.24. The van der Waals surface area contributed by atoms with Crippen molar-refractivity contribution in [2.45, 2.75) is 44.7 Å². The molecule has 0 aromatic carbocycles. The maximum absolute atomic E-state index is 12.3. The number of rotatable bonds is 4. The summed E-state index contributed by atoms with van der Waals surface area (Å²) in [6, 6.07) is 3.99. The second-order valence-electron chi connectivity index (χ2n) is 5.73. The van der Waals surface area contributed by atoms with Crippen LogP contribution in [0.4, 0.5) is 0 Å². The molecule has 0 unspecified atom stereocenters. The van der Waals surface area contributed by atoms with Crippen LogP contribution in [0, 0.1) is 0 Å². The maximum atomic E-state index is 12.3. The zero-order valence-electron chi connectivity index (χ0n) is 12.5. The van der Waals surface area contributed by atoms with Crippen LogP contribution in [0.25, 0.3) is 0 Å². The van der Waals surface area contributed by atoms with Gasteiger partial charge in [-0.15, -0.1) is 10.2 Å². The summed E-state index contributed by atoms with van der Waals surface area (Å²) in [5.74, 6) is 0.750. The number of carbonyl (C=O) groups excluding carboxylic acids is 1. The van der Waals surface area contributed by atoms with Crippen molar-refractivity contribution >= 4 is 5.91 Å². The zero-order valence-corrected chi connectivity index (χ0v) is 12.5. The number of amides is 1. The Balaban J connectivity index is 1.74. The van der Waals surface area contributed by atoms with E-state index in [2.05, 4.69) is 20.1 Å². The van der Waals surface area contributed by atoms with E-state index in [9.17, 15) is 4.79 Å². The lowest BCUT2D eigenvalue weighted by molar-refractivity contribution is 0.0929. The molecule has 0 radical (unpaired) electrons. The van der Waals surface area contributed by atoms with E-state index in [1.807, 2.05) is 36.9 Å². The SMILES string of the molecule is C[C@H](NC(=O)c1cccn1C)c1nncn1C1CCCC1. The first-order valence-electron chi connectivity index (χ1n) is 7.48. The molecule has 6 heteroatoms. The van der Waals surface area contributed by atoms with Gasteiger partial charge in [0.25, 0.3) is 5.91 Å². The van der Waals surface area contributed by atoms with Crippen LogP contribution < -0.4 is 5.32 Å². The molecule has 0 bridgehead atoms. The summed E-state index contributed by atoms with van der Waals surface area (Å²) in [5.41, 5.74) is 0.647. The highest BCUT2D eigenvalue weighted by atomic mass is 16.2. The lowest BCUT2D eigenvalue weighted by atomic mass is 10.2. The Bertz CT molecular complexity index is 624. The van der Waals surface area contributed by atoms with Gasteiger partial charge in [0.1, 0.15) is 12.0 Å². The molecule has 1 fully saturated rings. The topological polar surface area (TPSA) is 64.7 Å². The van der Waals surface area contributed by atoms with Crippen molar-refractivity contribution in [2.75, 3.05) is 0 Å². The summed E-state index contributed by atoms with van der Waals surface area (Å²) in [7, 11) is 1.86. The summed E-state index contributed by atoms with van der Waals surface area (Å²) < 4.78 is 3.94. The summed E-state index contributed by atoms with van der Waals surface area (Å²) in [6.45, 7) is 1.95. The third-order valence-electron chi connectivity index (χ3n) is 4.23. The highest BCUT2D eigenvalue weighted by molar-refractivity contribution is 5.92. The lowest BCUT2D eigenvalue weighted by Gasteiger charge is -2.18. The molecule has 2 aromatic rings. The van der Waals surface area contributed by atoms with E-state index in [1.165, 1.54) is 25.7 Å². The van der Waals surface area contributed by atoms with Crippen molar-refractivity contribution in [3.05, 3.63) is 36.2 Å². The van der Waals surface area contributed by atoms with Gasteiger partial charge in [-0.2, -0.15) is 0 Å². The number of hydrogen-bond donors (Lipinski definition) is 1. The Morgan fingerprint density at radius 3 is 2.86 bits per heavy atom. The predicted octanol–water partition coefficient (Wildman–Crippen LogP) is 2.22. The van der Waals surface area contributed by atoms with Gasteiger partial charge in [0, 0.05) is 19.3 Å². The van der Waals surface area contributed by atoms with E-state index < -0.39 is 0 Å². The van der Waals surface area contributed by atoms with Crippen molar-refractivity contribution in [3.63, 3.8) is 0 Å². The molecule has 21 heavy (non-hydrogen) atoms. The Hall–Kier alpha value is -2.11. The first-order chi connectivity index (χ1) is 10.2. The molecule has 2 heterocycles. The van der Waals surface area contributed by atoms with Crippen molar-refractivity contribution < 1.29 is 4.79 Å². The Labute approximate surface area is 124 Å². The number of aromatic nitrogens is 4. The molecule has 1 saturated carbocycles. The molecule has 2 aromatic heterocycles. The molecule has 112 valence electrons. The van der Waals surface area contributed by atoms with Crippen molar-refractivity contribution in [2.24, 2.45) is 7.05 Å².